The van der Waals surface area contributed by atoms with Crippen LogP contribution in [0.5, 0.6) is 0 Å². The van der Waals surface area contributed by atoms with E-state index in [4.69, 9.17) is 11.0 Å². The first kappa shape index (κ1) is 11.5. The Kier molecular flexibility index (Phi) is 3.01. The van der Waals surface area contributed by atoms with Crippen LogP contribution in [0.4, 0.5) is 13.2 Å². The molecule has 2 nitrogen and oxygen atoms in total. The van der Waals surface area contributed by atoms with Gasteiger partial charge in [0.15, 0.2) is 0 Å². The lowest BCUT2D eigenvalue weighted by molar-refractivity contribution is -0.138. The molecule has 0 aliphatic heterocycles. The number of halogens is 3. The van der Waals surface area contributed by atoms with Crippen molar-refractivity contribution in [2.45, 2.75) is 19.1 Å². The van der Waals surface area contributed by atoms with Crippen molar-refractivity contribution in [2.75, 3.05) is 0 Å². The van der Waals surface area contributed by atoms with Gasteiger partial charge in [-0.3, -0.25) is 0 Å². The van der Waals surface area contributed by atoms with E-state index in [2.05, 4.69) is 0 Å². The predicted octanol–water partition coefficient (Wildman–Crippen LogP) is 2.60. The molecule has 1 aromatic carbocycles. The zero-order chi connectivity index (χ0) is 11.6. The monoisotopic (exact) mass is 214 g/mol. The van der Waals surface area contributed by atoms with Crippen LogP contribution in [0.1, 0.15) is 29.7 Å². The Labute approximate surface area is 85.1 Å². The number of hydrogen-bond acceptors (Lipinski definition) is 2. The molecule has 1 unspecified atom stereocenters. The highest BCUT2D eigenvalue weighted by Gasteiger charge is 2.36. The van der Waals surface area contributed by atoms with E-state index in [9.17, 15) is 13.2 Å². The van der Waals surface area contributed by atoms with Gasteiger partial charge in [-0.15, -0.1) is 0 Å². The Morgan fingerprint density at radius 3 is 2.40 bits per heavy atom. The molecule has 0 aromatic heterocycles. The maximum Gasteiger partial charge on any atom is 0.418 e. The summed E-state index contributed by atoms with van der Waals surface area (Å²) >= 11 is 0. The highest BCUT2D eigenvalue weighted by Crippen LogP contribution is 2.36. The van der Waals surface area contributed by atoms with Crippen molar-refractivity contribution in [3.63, 3.8) is 0 Å². The predicted molar refractivity (Wildman–Crippen MR) is 48.8 cm³/mol. The normalized spacial score (nSPS) is 13.3. The zero-order valence-electron chi connectivity index (χ0n) is 7.97. The number of nitriles is 1. The van der Waals surface area contributed by atoms with E-state index in [-0.39, 0.29) is 5.56 Å². The first-order valence-electron chi connectivity index (χ1n) is 4.23. The largest absolute Gasteiger partial charge is 0.418 e. The molecule has 0 radical (unpaired) electrons. The second kappa shape index (κ2) is 3.91. The highest BCUT2D eigenvalue weighted by molar-refractivity contribution is 5.45. The van der Waals surface area contributed by atoms with Gasteiger partial charge in [-0.2, -0.15) is 18.4 Å². The molecule has 0 heterocycles. The van der Waals surface area contributed by atoms with E-state index in [0.717, 1.165) is 6.07 Å². The van der Waals surface area contributed by atoms with Crippen LogP contribution in [-0.2, 0) is 6.18 Å². The fourth-order valence-electron chi connectivity index (χ4n) is 1.36. The van der Waals surface area contributed by atoms with Gasteiger partial charge in [0.05, 0.1) is 17.2 Å². The maximum atomic E-state index is 12.6. The Bertz CT molecular complexity index is 402. The number of nitrogens with two attached hydrogens (primary N) is 1. The lowest BCUT2D eigenvalue weighted by Crippen LogP contribution is -2.16. The molecule has 1 atom stereocenters. The first-order chi connectivity index (χ1) is 6.88. The summed E-state index contributed by atoms with van der Waals surface area (Å²) in [7, 11) is 0. The van der Waals surface area contributed by atoms with Gasteiger partial charge in [0.2, 0.25) is 0 Å². The van der Waals surface area contributed by atoms with Crippen molar-refractivity contribution in [3.8, 4) is 6.07 Å². The fourth-order valence-corrected chi connectivity index (χ4v) is 1.36. The summed E-state index contributed by atoms with van der Waals surface area (Å²) < 4.78 is 37.9. The van der Waals surface area contributed by atoms with E-state index in [0.29, 0.717) is 0 Å². The van der Waals surface area contributed by atoms with Crippen molar-refractivity contribution in [3.05, 3.63) is 34.9 Å². The van der Waals surface area contributed by atoms with E-state index in [1.54, 1.807) is 0 Å². The number of benzene rings is 1. The standard InChI is InChI=1S/C10H9F3N2/c1-6(15)8-4-2-3-7(5-14)9(8)10(11,12)13/h2-4,6H,15H2,1H3. The van der Waals surface area contributed by atoms with Crippen LogP contribution in [0.25, 0.3) is 0 Å². The minimum atomic E-state index is -4.55. The van der Waals surface area contributed by atoms with E-state index in [1.807, 2.05) is 0 Å². The summed E-state index contributed by atoms with van der Waals surface area (Å²) in [6.45, 7) is 1.45. The molecule has 0 fully saturated rings. The third-order valence-electron chi connectivity index (χ3n) is 1.99. The quantitative estimate of drug-likeness (QED) is 0.781. The second-order valence-corrected chi connectivity index (χ2v) is 3.17. The molecule has 5 heteroatoms. The van der Waals surface area contributed by atoms with Crippen LogP contribution in [0.2, 0.25) is 0 Å². The first-order valence-corrected chi connectivity index (χ1v) is 4.23. The van der Waals surface area contributed by atoms with E-state index in [1.165, 1.54) is 25.1 Å². The maximum absolute atomic E-state index is 12.6. The summed E-state index contributed by atoms with van der Waals surface area (Å²) in [5, 5.41) is 8.60. The van der Waals surface area contributed by atoms with Gasteiger partial charge in [-0.05, 0) is 18.6 Å². The minimum absolute atomic E-state index is 0.0541. The number of alkyl halides is 3. The van der Waals surface area contributed by atoms with Crippen molar-refractivity contribution in [2.24, 2.45) is 5.73 Å². The molecule has 0 saturated carbocycles. The molecule has 1 aromatic rings. The Balaban J connectivity index is 3.50. The van der Waals surface area contributed by atoms with Crippen LogP contribution >= 0.6 is 0 Å². The van der Waals surface area contributed by atoms with Gasteiger partial charge in [0, 0.05) is 6.04 Å². The molecule has 2 N–H and O–H groups in total. The average Bonchev–Trinajstić information content (AvgIpc) is 2.15. The molecule has 0 spiro atoms. The molecule has 15 heavy (non-hydrogen) atoms. The van der Waals surface area contributed by atoms with E-state index >= 15 is 0 Å². The summed E-state index contributed by atoms with van der Waals surface area (Å²) in [5.41, 5.74) is 4.05. The lowest BCUT2D eigenvalue weighted by Gasteiger charge is -2.16. The van der Waals surface area contributed by atoms with Gasteiger partial charge in [0.25, 0.3) is 0 Å². The van der Waals surface area contributed by atoms with Crippen LogP contribution in [-0.4, -0.2) is 0 Å². The number of nitrogens with zero attached hydrogens (tertiary/aromatic N) is 1. The minimum Gasteiger partial charge on any atom is -0.324 e. The second-order valence-electron chi connectivity index (χ2n) is 3.17. The van der Waals surface area contributed by atoms with Crippen molar-refractivity contribution < 1.29 is 13.2 Å². The average molecular weight is 214 g/mol. The van der Waals surface area contributed by atoms with Crippen molar-refractivity contribution >= 4 is 0 Å². The van der Waals surface area contributed by atoms with Crippen LogP contribution in [0, 0.1) is 11.3 Å². The molecule has 80 valence electrons. The molecule has 0 saturated heterocycles. The van der Waals surface area contributed by atoms with Crippen LogP contribution in [0.3, 0.4) is 0 Å². The third kappa shape index (κ3) is 2.28. The SMILES string of the molecule is CC(N)c1cccc(C#N)c1C(F)(F)F. The Morgan fingerprint density at radius 1 is 1.40 bits per heavy atom. The molecule has 0 aliphatic rings. The molecule has 0 amide bonds. The highest BCUT2D eigenvalue weighted by atomic mass is 19.4. The van der Waals surface area contributed by atoms with Gasteiger partial charge in [0.1, 0.15) is 0 Å². The smallest absolute Gasteiger partial charge is 0.324 e. The van der Waals surface area contributed by atoms with Gasteiger partial charge >= 0.3 is 6.18 Å². The number of hydrogen-bond donors (Lipinski definition) is 1. The summed E-state index contributed by atoms with van der Waals surface area (Å²) in [6, 6.07) is 4.58. The molecule has 0 bridgehead atoms. The van der Waals surface area contributed by atoms with Crippen LogP contribution < -0.4 is 5.73 Å². The third-order valence-corrected chi connectivity index (χ3v) is 1.99. The molecule has 1 rings (SSSR count). The molecular formula is C10H9F3N2. The van der Waals surface area contributed by atoms with Gasteiger partial charge < -0.3 is 5.73 Å². The lowest BCUT2D eigenvalue weighted by atomic mass is 9.97. The van der Waals surface area contributed by atoms with Crippen LogP contribution in [0.15, 0.2) is 18.2 Å². The van der Waals surface area contributed by atoms with Crippen molar-refractivity contribution in [1.82, 2.24) is 0 Å². The molecule has 0 aliphatic carbocycles. The van der Waals surface area contributed by atoms with Crippen molar-refractivity contribution in [1.29, 1.82) is 5.26 Å². The Morgan fingerprint density at radius 2 is 2.00 bits per heavy atom. The fraction of sp³-hybridized carbons (Fsp3) is 0.300. The summed E-state index contributed by atoms with van der Waals surface area (Å²) in [6.07, 6.45) is -4.55. The topological polar surface area (TPSA) is 49.8 Å². The zero-order valence-corrected chi connectivity index (χ0v) is 7.97. The van der Waals surface area contributed by atoms with E-state index < -0.39 is 23.3 Å². The van der Waals surface area contributed by atoms with Gasteiger partial charge in [-0.1, -0.05) is 12.1 Å². The summed E-state index contributed by atoms with van der Waals surface area (Å²) in [4.78, 5) is 0. The molecular weight excluding hydrogens is 205 g/mol. The Hall–Kier alpha value is -1.54. The summed E-state index contributed by atoms with van der Waals surface area (Å²) in [5.74, 6) is 0. The number of rotatable bonds is 1. The van der Waals surface area contributed by atoms with Gasteiger partial charge in [-0.25, -0.2) is 0 Å².